The van der Waals surface area contributed by atoms with Gasteiger partial charge >= 0.3 is 0 Å². The molecule has 0 radical (unpaired) electrons. The van der Waals surface area contributed by atoms with E-state index >= 15 is 0 Å². The molecule has 0 saturated heterocycles. The summed E-state index contributed by atoms with van der Waals surface area (Å²) in [5, 5.41) is 6.42. The molecule has 0 fully saturated rings. The van der Waals surface area contributed by atoms with E-state index in [1.165, 1.54) is 11.3 Å². The molecule has 1 heterocycles. The lowest BCUT2D eigenvalue weighted by atomic mass is 10.2. The van der Waals surface area contributed by atoms with Gasteiger partial charge in [0.1, 0.15) is 6.54 Å². The number of nitrogens with one attached hydrogen (secondary N) is 1. The van der Waals surface area contributed by atoms with Crippen molar-refractivity contribution in [2.24, 2.45) is 5.10 Å². The maximum absolute atomic E-state index is 12.2. The Bertz CT molecular complexity index is 893. The number of aryl methyl sites for hydroxylation is 1. The van der Waals surface area contributed by atoms with Gasteiger partial charge in [0.15, 0.2) is 0 Å². The second kappa shape index (κ2) is 7.99. The number of hydrazone groups is 1. The summed E-state index contributed by atoms with van der Waals surface area (Å²) in [6.45, 7) is 3.13. The molecule has 1 N–H and O–H groups in total. The Balaban J connectivity index is 2.18. The van der Waals surface area contributed by atoms with Crippen molar-refractivity contribution in [1.29, 1.82) is 0 Å². The summed E-state index contributed by atoms with van der Waals surface area (Å²) in [5.41, 5.74) is 4.11. The minimum atomic E-state index is -3.65. The third-order valence-corrected chi connectivity index (χ3v) is 5.68. The Morgan fingerprint density at radius 3 is 2.64 bits per heavy atom. The van der Waals surface area contributed by atoms with E-state index in [1.54, 1.807) is 32.0 Å². The number of anilines is 1. The summed E-state index contributed by atoms with van der Waals surface area (Å²) in [6.07, 6.45) is 1.05. The first kappa shape index (κ1) is 19.4. The van der Waals surface area contributed by atoms with Crippen LogP contribution >= 0.6 is 22.9 Å². The topological polar surface area (TPSA) is 78.8 Å². The van der Waals surface area contributed by atoms with Crippen molar-refractivity contribution in [3.8, 4) is 0 Å². The first-order chi connectivity index (χ1) is 11.7. The van der Waals surface area contributed by atoms with Crippen LogP contribution in [-0.4, -0.2) is 32.8 Å². The number of sulfonamides is 1. The van der Waals surface area contributed by atoms with Gasteiger partial charge in [-0.2, -0.15) is 5.10 Å². The van der Waals surface area contributed by atoms with Gasteiger partial charge in [-0.25, -0.2) is 13.8 Å². The molecule has 1 aromatic heterocycles. The average molecular weight is 400 g/mol. The van der Waals surface area contributed by atoms with Gasteiger partial charge in [0.05, 0.1) is 17.7 Å². The normalized spacial score (nSPS) is 12.1. The van der Waals surface area contributed by atoms with Gasteiger partial charge in [-0.1, -0.05) is 17.7 Å². The molecule has 9 heteroatoms. The zero-order chi connectivity index (χ0) is 18.6. The van der Waals surface area contributed by atoms with Crippen molar-refractivity contribution in [3.63, 3.8) is 0 Å². The number of carbonyl (C=O) groups excluding carboxylic acids is 1. The van der Waals surface area contributed by atoms with Crippen LogP contribution in [0.1, 0.15) is 17.4 Å². The molecule has 0 saturated carbocycles. The SMILES string of the molecule is C/C(=N/NC(=O)CN(c1ccc(Cl)cc1C)S(C)(=O)=O)c1cccs1. The fourth-order valence-corrected chi connectivity index (χ4v) is 3.95. The van der Waals surface area contributed by atoms with Crippen LogP contribution in [-0.2, 0) is 14.8 Å². The van der Waals surface area contributed by atoms with Crippen molar-refractivity contribution >= 4 is 50.3 Å². The molecule has 134 valence electrons. The van der Waals surface area contributed by atoms with E-state index in [0.29, 0.717) is 22.0 Å². The molecular formula is C16H18ClN3O3S2. The van der Waals surface area contributed by atoms with Crippen molar-refractivity contribution in [2.75, 3.05) is 17.1 Å². The van der Waals surface area contributed by atoms with E-state index in [4.69, 9.17) is 11.6 Å². The van der Waals surface area contributed by atoms with Crippen molar-refractivity contribution < 1.29 is 13.2 Å². The lowest BCUT2D eigenvalue weighted by Crippen LogP contribution is -2.39. The Morgan fingerprint density at radius 2 is 2.08 bits per heavy atom. The predicted octanol–water partition coefficient (Wildman–Crippen LogP) is 3.02. The molecule has 0 bridgehead atoms. The fraction of sp³-hybridized carbons (Fsp3) is 0.250. The van der Waals surface area contributed by atoms with Gasteiger partial charge < -0.3 is 0 Å². The standard InChI is InChI=1S/C16H18ClN3O3S2/c1-11-9-13(17)6-7-14(11)20(25(3,22)23)10-16(21)19-18-12(2)15-5-4-8-24-15/h4-9H,10H2,1-3H3,(H,19,21)/b18-12-. The summed E-state index contributed by atoms with van der Waals surface area (Å²) < 4.78 is 25.2. The van der Waals surface area contributed by atoms with Crippen LogP contribution in [0.3, 0.4) is 0 Å². The van der Waals surface area contributed by atoms with Crippen molar-refractivity contribution in [1.82, 2.24) is 5.43 Å². The van der Waals surface area contributed by atoms with E-state index in [1.807, 2.05) is 17.5 Å². The Labute approximate surface area is 156 Å². The van der Waals surface area contributed by atoms with Crippen LogP contribution in [0.5, 0.6) is 0 Å². The van der Waals surface area contributed by atoms with Gasteiger partial charge in [-0.3, -0.25) is 9.10 Å². The van der Waals surface area contributed by atoms with Crippen LogP contribution in [0, 0.1) is 6.92 Å². The maximum Gasteiger partial charge on any atom is 0.260 e. The first-order valence-corrected chi connectivity index (χ1v) is 10.4. The third kappa shape index (κ3) is 5.29. The molecule has 0 aliphatic heterocycles. The van der Waals surface area contributed by atoms with Crippen molar-refractivity contribution in [3.05, 3.63) is 51.2 Å². The van der Waals surface area contributed by atoms with Gasteiger partial charge in [0.25, 0.3) is 5.91 Å². The molecule has 1 aromatic carbocycles. The number of thiophene rings is 1. The van der Waals surface area contributed by atoms with Crippen LogP contribution in [0.2, 0.25) is 5.02 Å². The summed E-state index contributed by atoms with van der Waals surface area (Å²) >= 11 is 7.41. The zero-order valence-electron chi connectivity index (χ0n) is 14.0. The summed E-state index contributed by atoms with van der Waals surface area (Å²) in [6, 6.07) is 8.57. The highest BCUT2D eigenvalue weighted by molar-refractivity contribution is 7.92. The van der Waals surface area contributed by atoms with E-state index in [2.05, 4.69) is 10.5 Å². The highest BCUT2D eigenvalue weighted by Gasteiger charge is 2.22. The Hall–Kier alpha value is -1.90. The molecule has 0 atom stereocenters. The van der Waals surface area contributed by atoms with E-state index in [0.717, 1.165) is 15.4 Å². The number of carbonyl (C=O) groups is 1. The second-order valence-electron chi connectivity index (χ2n) is 5.41. The van der Waals surface area contributed by atoms with Gasteiger partial charge in [-0.05, 0) is 49.1 Å². The van der Waals surface area contributed by atoms with Crippen LogP contribution in [0.4, 0.5) is 5.69 Å². The number of amides is 1. The largest absolute Gasteiger partial charge is 0.271 e. The molecule has 0 unspecified atom stereocenters. The number of hydrogen-bond acceptors (Lipinski definition) is 5. The second-order valence-corrected chi connectivity index (χ2v) is 8.70. The minimum Gasteiger partial charge on any atom is -0.271 e. The van der Waals surface area contributed by atoms with E-state index in [9.17, 15) is 13.2 Å². The predicted molar refractivity (Wildman–Crippen MR) is 103 cm³/mol. The van der Waals surface area contributed by atoms with Crippen LogP contribution in [0.25, 0.3) is 0 Å². The zero-order valence-corrected chi connectivity index (χ0v) is 16.4. The molecule has 6 nitrogen and oxygen atoms in total. The lowest BCUT2D eigenvalue weighted by molar-refractivity contribution is -0.119. The van der Waals surface area contributed by atoms with Crippen LogP contribution < -0.4 is 9.73 Å². The van der Waals surface area contributed by atoms with Crippen molar-refractivity contribution in [2.45, 2.75) is 13.8 Å². The van der Waals surface area contributed by atoms with Gasteiger partial charge in [0, 0.05) is 9.90 Å². The van der Waals surface area contributed by atoms with E-state index in [-0.39, 0.29) is 6.54 Å². The molecule has 0 spiro atoms. The third-order valence-electron chi connectivity index (χ3n) is 3.34. The average Bonchev–Trinajstić information content (AvgIpc) is 3.04. The van der Waals surface area contributed by atoms with Crippen LogP contribution in [0.15, 0.2) is 40.8 Å². The molecule has 0 aliphatic carbocycles. The number of halogens is 1. The smallest absolute Gasteiger partial charge is 0.260 e. The molecule has 2 aromatic rings. The number of nitrogens with zero attached hydrogens (tertiary/aromatic N) is 2. The van der Waals surface area contributed by atoms with Gasteiger partial charge in [0.2, 0.25) is 10.0 Å². The monoisotopic (exact) mass is 399 g/mol. The van der Waals surface area contributed by atoms with Gasteiger partial charge in [-0.15, -0.1) is 11.3 Å². The molecular weight excluding hydrogens is 382 g/mol. The summed E-state index contributed by atoms with van der Waals surface area (Å²) in [4.78, 5) is 13.1. The highest BCUT2D eigenvalue weighted by Crippen LogP contribution is 2.25. The number of benzene rings is 1. The molecule has 0 aliphatic rings. The fourth-order valence-electron chi connectivity index (χ4n) is 2.13. The first-order valence-electron chi connectivity index (χ1n) is 7.29. The molecule has 2 rings (SSSR count). The summed E-state index contributed by atoms with van der Waals surface area (Å²) in [7, 11) is -3.65. The molecule has 25 heavy (non-hydrogen) atoms. The number of rotatable bonds is 6. The van der Waals surface area contributed by atoms with E-state index < -0.39 is 15.9 Å². The summed E-state index contributed by atoms with van der Waals surface area (Å²) in [5.74, 6) is -0.532. The number of hydrogen-bond donors (Lipinski definition) is 1. The molecule has 1 amide bonds. The quantitative estimate of drug-likeness (QED) is 0.599. The highest BCUT2D eigenvalue weighted by atomic mass is 35.5. The maximum atomic E-state index is 12.2. The lowest BCUT2D eigenvalue weighted by Gasteiger charge is -2.23. The Morgan fingerprint density at radius 1 is 1.36 bits per heavy atom. The Kier molecular flexibility index (Phi) is 6.21. The minimum absolute atomic E-state index is 0.372.